The maximum Gasteiger partial charge on any atom is 0.117 e. The van der Waals surface area contributed by atoms with Crippen molar-refractivity contribution in [1.82, 2.24) is 4.90 Å². The maximum atomic E-state index is 11.3. The Balaban J connectivity index is 1.53. The number of β-amino-alcohol motifs (C(OH)–C–C–N with tert-alkyl or cyclic N) is 1. The van der Waals surface area contributed by atoms with Crippen molar-refractivity contribution in [3.63, 3.8) is 0 Å². The van der Waals surface area contributed by atoms with Crippen molar-refractivity contribution in [1.29, 1.82) is 0 Å². The first kappa shape index (κ1) is 16.5. The summed E-state index contributed by atoms with van der Waals surface area (Å²) >= 11 is 0. The summed E-state index contributed by atoms with van der Waals surface area (Å²) in [7, 11) is 0. The molecule has 144 valence electrons. The lowest BCUT2D eigenvalue weighted by atomic mass is 9.32. The monoisotopic (exact) mass is 359 g/mol. The molecule has 2 N–H and O–H groups in total. The van der Waals surface area contributed by atoms with Gasteiger partial charge in [-0.15, -0.1) is 0 Å². The van der Waals surface area contributed by atoms with Gasteiger partial charge >= 0.3 is 0 Å². The van der Waals surface area contributed by atoms with Crippen LogP contribution < -0.4 is 0 Å². The lowest BCUT2D eigenvalue weighted by molar-refractivity contribution is -0.405. The fraction of sp³-hybridized carbons (Fsp3) is 0.909. The van der Waals surface area contributed by atoms with E-state index >= 15 is 0 Å². The minimum absolute atomic E-state index is 0.0840. The molecule has 3 saturated heterocycles. The minimum atomic E-state index is -0.373. The summed E-state index contributed by atoms with van der Waals surface area (Å²) in [6.45, 7) is 8.80. The van der Waals surface area contributed by atoms with Crippen LogP contribution in [0.1, 0.15) is 51.9 Å². The number of piperidine rings is 1. The molecule has 7 bridgehead atoms. The van der Waals surface area contributed by atoms with Crippen LogP contribution in [0.2, 0.25) is 0 Å². The van der Waals surface area contributed by atoms with Crippen molar-refractivity contribution < 1.29 is 14.9 Å². The van der Waals surface area contributed by atoms with E-state index in [2.05, 4.69) is 18.4 Å². The Labute approximate surface area is 156 Å². The Kier molecular flexibility index (Phi) is 3.14. The lowest BCUT2D eigenvalue weighted by Crippen LogP contribution is -2.82. The molecule has 8 rings (SSSR count). The van der Waals surface area contributed by atoms with E-state index in [0.717, 1.165) is 37.4 Å². The van der Waals surface area contributed by atoms with Gasteiger partial charge in [-0.3, -0.25) is 4.90 Å². The zero-order valence-electron chi connectivity index (χ0n) is 16.0. The number of aliphatic hydroxyl groups excluding tert-OH is 2. The molecule has 8 fully saturated rings. The molecule has 5 aliphatic carbocycles. The molecule has 4 nitrogen and oxygen atoms in total. The molecular formula is C22H33NO3. The second kappa shape index (κ2) is 4.94. The molecule has 0 aromatic heterocycles. The van der Waals surface area contributed by atoms with Crippen molar-refractivity contribution >= 4 is 0 Å². The fourth-order valence-corrected chi connectivity index (χ4v) is 9.30. The Bertz CT molecular complexity index is 666. The Morgan fingerprint density at radius 1 is 1.19 bits per heavy atom. The van der Waals surface area contributed by atoms with Crippen molar-refractivity contribution in [2.75, 3.05) is 19.7 Å². The van der Waals surface area contributed by atoms with Gasteiger partial charge in [0.15, 0.2) is 0 Å². The highest BCUT2D eigenvalue weighted by molar-refractivity contribution is 5.32. The molecule has 9 atom stereocenters. The highest BCUT2D eigenvalue weighted by Gasteiger charge is 2.78. The summed E-state index contributed by atoms with van der Waals surface area (Å²) in [4.78, 5) is 2.47. The fourth-order valence-electron chi connectivity index (χ4n) is 9.30. The summed E-state index contributed by atoms with van der Waals surface area (Å²) < 4.78 is 6.86. The van der Waals surface area contributed by atoms with Crippen molar-refractivity contribution in [2.45, 2.75) is 70.3 Å². The van der Waals surface area contributed by atoms with Gasteiger partial charge in [-0.1, -0.05) is 19.9 Å². The van der Waals surface area contributed by atoms with Crippen LogP contribution in [0.5, 0.6) is 0 Å². The highest BCUT2D eigenvalue weighted by atomic mass is 16.5. The van der Waals surface area contributed by atoms with Gasteiger partial charge in [0.2, 0.25) is 0 Å². The molecule has 2 spiro atoms. The minimum Gasteiger partial charge on any atom is -0.395 e. The van der Waals surface area contributed by atoms with Crippen LogP contribution in [0.15, 0.2) is 12.2 Å². The summed E-state index contributed by atoms with van der Waals surface area (Å²) in [5.74, 6) is 1.79. The largest absolute Gasteiger partial charge is 0.395 e. The molecular weight excluding hydrogens is 326 g/mol. The van der Waals surface area contributed by atoms with Crippen LogP contribution in [0.3, 0.4) is 0 Å². The topological polar surface area (TPSA) is 52.9 Å². The quantitative estimate of drug-likeness (QED) is 0.744. The van der Waals surface area contributed by atoms with Crippen LogP contribution in [-0.4, -0.2) is 53.2 Å². The van der Waals surface area contributed by atoms with E-state index in [1.54, 1.807) is 0 Å². The summed E-state index contributed by atoms with van der Waals surface area (Å²) in [6, 6.07) is 0. The second-order valence-corrected chi connectivity index (χ2v) is 10.7. The number of hydrogen-bond donors (Lipinski definition) is 2. The molecule has 0 aromatic rings. The van der Waals surface area contributed by atoms with Crippen LogP contribution in [0.4, 0.5) is 0 Å². The van der Waals surface area contributed by atoms with Gasteiger partial charge in [-0.2, -0.15) is 0 Å². The number of aliphatic hydroxyl groups is 2. The normalized spacial score (nSPS) is 60.2. The van der Waals surface area contributed by atoms with Gasteiger partial charge in [0.05, 0.1) is 18.8 Å². The standard InChI is InChI=1S/C22H33NO3/c1-13-14-4-7-22(18(13)25)16(10-14)21-6-3-5-20(2)12-23(8-9-24)19(21)26-17(22)11-15(20)21/h14-19,24-25H,1,3-12H2,2H3/t14-,15?,16?,17+,18?,19+,20-,21-,22+/m0/s1. The molecule has 4 heteroatoms. The SMILES string of the molecule is C=C1C(O)[C@]23CC[C@H]1CC2[C@@]12CCC[C@@]4(C)CN(CCO)[C@@H]1O[C@@H]3CC42. The van der Waals surface area contributed by atoms with Crippen molar-refractivity contribution in [3.05, 3.63) is 12.2 Å². The number of ether oxygens (including phenoxy) is 1. The first-order valence-electron chi connectivity index (χ1n) is 10.8. The summed E-state index contributed by atoms with van der Waals surface area (Å²) in [5.41, 5.74) is 1.53. The third kappa shape index (κ3) is 1.57. The number of nitrogens with zero attached hydrogens (tertiary/aromatic N) is 1. The Morgan fingerprint density at radius 3 is 2.85 bits per heavy atom. The van der Waals surface area contributed by atoms with E-state index in [1.807, 2.05) is 0 Å². The number of likely N-dealkylation sites (tertiary alicyclic amines) is 1. The van der Waals surface area contributed by atoms with E-state index in [1.165, 1.54) is 32.1 Å². The van der Waals surface area contributed by atoms with E-state index in [0.29, 0.717) is 17.3 Å². The molecule has 3 unspecified atom stereocenters. The van der Waals surface area contributed by atoms with Gasteiger partial charge in [-0.25, -0.2) is 0 Å². The van der Waals surface area contributed by atoms with E-state index in [4.69, 9.17) is 4.74 Å². The average molecular weight is 360 g/mol. The molecule has 26 heavy (non-hydrogen) atoms. The van der Waals surface area contributed by atoms with Crippen LogP contribution in [0.25, 0.3) is 0 Å². The molecule has 3 heterocycles. The Morgan fingerprint density at radius 2 is 2.04 bits per heavy atom. The smallest absolute Gasteiger partial charge is 0.117 e. The molecule has 3 aliphatic heterocycles. The lowest BCUT2D eigenvalue weighted by Gasteiger charge is -2.79. The van der Waals surface area contributed by atoms with E-state index in [-0.39, 0.29) is 35.9 Å². The van der Waals surface area contributed by atoms with Crippen LogP contribution in [0, 0.1) is 34.0 Å². The van der Waals surface area contributed by atoms with Gasteiger partial charge in [0.1, 0.15) is 6.23 Å². The zero-order valence-corrected chi connectivity index (χ0v) is 16.0. The molecule has 5 saturated carbocycles. The predicted octanol–water partition coefficient (Wildman–Crippen LogP) is 2.55. The first-order valence-corrected chi connectivity index (χ1v) is 10.8. The van der Waals surface area contributed by atoms with E-state index in [9.17, 15) is 10.2 Å². The van der Waals surface area contributed by atoms with Crippen LogP contribution in [-0.2, 0) is 4.74 Å². The van der Waals surface area contributed by atoms with Gasteiger partial charge in [-0.05, 0) is 67.3 Å². The van der Waals surface area contributed by atoms with Crippen molar-refractivity contribution in [3.8, 4) is 0 Å². The molecule has 0 radical (unpaired) electrons. The third-order valence-electron chi connectivity index (χ3n) is 10.1. The zero-order chi connectivity index (χ0) is 17.9. The van der Waals surface area contributed by atoms with Crippen molar-refractivity contribution in [2.24, 2.45) is 34.0 Å². The van der Waals surface area contributed by atoms with Gasteiger partial charge in [0, 0.05) is 23.9 Å². The Hall–Kier alpha value is -0.420. The van der Waals surface area contributed by atoms with Gasteiger partial charge < -0.3 is 14.9 Å². The summed E-state index contributed by atoms with van der Waals surface area (Å²) in [6.07, 6.45) is 8.43. The first-order chi connectivity index (χ1) is 12.5. The van der Waals surface area contributed by atoms with Gasteiger partial charge in [0.25, 0.3) is 0 Å². The number of fused-ring (bicyclic) bond motifs is 2. The number of rotatable bonds is 2. The maximum absolute atomic E-state index is 11.3. The third-order valence-corrected chi connectivity index (χ3v) is 10.1. The second-order valence-electron chi connectivity index (χ2n) is 10.7. The predicted molar refractivity (Wildman–Crippen MR) is 98.2 cm³/mol. The van der Waals surface area contributed by atoms with Crippen LogP contribution >= 0.6 is 0 Å². The number of hydrogen-bond acceptors (Lipinski definition) is 4. The highest BCUT2D eigenvalue weighted by Crippen LogP contribution is 2.78. The van der Waals surface area contributed by atoms with E-state index < -0.39 is 0 Å². The molecule has 8 aliphatic rings. The molecule has 0 aromatic carbocycles. The molecule has 0 amide bonds. The average Bonchev–Trinajstić information content (AvgIpc) is 2.63. The summed E-state index contributed by atoms with van der Waals surface area (Å²) in [5, 5.41) is 21.0.